The quantitative estimate of drug-likeness (QED) is 0.430. The van der Waals surface area contributed by atoms with Crippen LogP contribution in [0.1, 0.15) is 6.92 Å². The molecule has 0 saturated carbocycles. The van der Waals surface area contributed by atoms with Gasteiger partial charge < -0.3 is 10.6 Å². The molecule has 2 heterocycles. The fourth-order valence-corrected chi connectivity index (χ4v) is 1.99. The molecule has 14 heavy (non-hydrogen) atoms. The number of carbonyl (C=O) groups excluding carboxylic acids is 2. The summed E-state index contributed by atoms with van der Waals surface area (Å²) in [4.78, 5) is 23.8. The molecule has 6 nitrogen and oxygen atoms in total. The molecule has 2 aliphatic heterocycles. The summed E-state index contributed by atoms with van der Waals surface area (Å²) < 4.78 is 0. The maximum Gasteiger partial charge on any atom is 0.345 e. The molecule has 3 amide bonds. The third-order valence-electron chi connectivity index (χ3n) is 2.61. The van der Waals surface area contributed by atoms with Crippen LogP contribution in [0.4, 0.5) is 4.79 Å². The number of fused-ring (bicyclic) bond motifs is 2. The van der Waals surface area contributed by atoms with Gasteiger partial charge in [0.05, 0.1) is 12.6 Å². The summed E-state index contributed by atoms with van der Waals surface area (Å²) in [7, 11) is 0. The van der Waals surface area contributed by atoms with Crippen LogP contribution in [-0.2, 0) is 4.79 Å². The SMILES string of the molecule is CC1=C[C@@H]2CN(C(=O)N2O)[C@@H]1C(N)=O. The molecule has 0 aromatic carbocycles. The molecule has 3 N–H and O–H groups in total. The van der Waals surface area contributed by atoms with Crippen molar-refractivity contribution in [2.75, 3.05) is 6.54 Å². The Labute approximate surface area is 80.5 Å². The van der Waals surface area contributed by atoms with Crippen molar-refractivity contribution >= 4 is 11.9 Å². The molecule has 0 unspecified atom stereocenters. The molecule has 0 spiro atoms. The second-order valence-corrected chi connectivity index (χ2v) is 3.56. The van der Waals surface area contributed by atoms with Crippen molar-refractivity contribution < 1.29 is 14.8 Å². The summed E-state index contributed by atoms with van der Waals surface area (Å²) in [5, 5.41) is 9.96. The van der Waals surface area contributed by atoms with Crippen LogP contribution in [0.15, 0.2) is 11.6 Å². The van der Waals surface area contributed by atoms with Gasteiger partial charge in [0.1, 0.15) is 6.04 Å². The minimum atomic E-state index is -0.712. The summed E-state index contributed by atoms with van der Waals surface area (Å²) in [5.74, 6) is -0.569. The summed E-state index contributed by atoms with van der Waals surface area (Å²) in [6, 6.07) is -1.62. The third-order valence-corrected chi connectivity index (χ3v) is 2.61. The Morgan fingerprint density at radius 1 is 1.71 bits per heavy atom. The maximum absolute atomic E-state index is 11.4. The van der Waals surface area contributed by atoms with E-state index in [0.717, 1.165) is 0 Å². The minimum Gasteiger partial charge on any atom is -0.368 e. The highest BCUT2D eigenvalue weighted by Crippen LogP contribution is 2.27. The number of urea groups is 1. The summed E-state index contributed by atoms with van der Waals surface area (Å²) in [6.45, 7) is 2.04. The number of hydroxylamine groups is 2. The highest BCUT2D eigenvalue weighted by atomic mass is 16.5. The molecular formula is C8H11N3O3. The van der Waals surface area contributed by atoms with E-state index in [1.807, 2.05) is 0 Å². The zero-order chi connectivity index (χ0) is 10.5. The van der Waals surface area contributed by atoms with Crippen molar-refractivity contribution in [1.29, 1.82) is 0 Å². The predicted molar refractivity (Wildman–Crippen MR) is 46.3 cm³/mol. The minimum absolute atomic E-state index is 0.320. The normalized spacial score (nSPS) is 30.7. The van der Waals surface area contributed by atoms with Crippen molar-refractivity contribution in [1.82, 2.24) is 9.96 Å². The Balaban J connectivity index is 2.39. The lowest BCUT2D eigenvalue weighted by atomic mass is 10.0. The molecule has 1 saturated heterocycles. The van der Waals surface area contributed by atoms with Crippen LogP contribution in [0.25, 0.3) is 0 Å². The van der Waals surface area contributed by atoms with Gasteiger partial charge in [-0.3, -0.25) is 10.0 Å². The molecule has 6 heteroatoms. The van der Waals surface area contributed by atoms with E-state index < -0.39 is 18.0 Å². The van der Waals surface area contributed by atoms with E-state index in [2.05, 4.69) is 0 Å². The molecule has 2 bridgehead atoms. The van der Waals surface area contributed by atoms with Crippen LogP contribution < -0.4 is 5.73 Å². The second kappa shape index (κ2) is 2.71. The largest absolute Gasteiger partial charge is 0.368 e. The van der Waals surface area contributed by atoms with E-state index in [4.69, 9.17) is 5.73 Å². The van der Waals surface area contributed by atoms with Gasteiger partial charge in [-0.2, -0.15) is 5.06 Å². The number of amides is 3. The van der Waals surface area contributed by atoms with Gasteiger partial charge in [0, 0.05) is 0 Å². The first kappa shape index (κ1) is 9.01. The molecule has 2 aliphatic rings. The Kier molecular flexibility index (Phi) is 1.75. The van der Waals surface area contributed by atoms with Crippen LogP contribution in [0.3, 0.4) is 0 Å². The zero-order valence-corrected chi connectivity index (χ0v) is 7.67. The topological polar surface area (TPSA) is 86.9 Å². The van der Waals surface area contributed by atoms with Crippen molar-refractivity contribution in [2.45, 2.75) is 19.0 Å². The highest BCUT2D eigenvalue weighted by Gasteiger charge is 2.45. The van der Waals surface area contributed by atoms with Gasteiger partial charge in [-0.15, -0.1) is 0 Å². The Morgan fingerprint density at radius 3 is 2.93 bits per heavy atom. The number of rotatable bonds is 1. The van der Waals surface area contributed by atoms with Crippen LogP contribution in [0.2, 0.25) is 0 Å². The van der Waals surface area contributed by atoms with Crippen LogP contribution in [0.5, 0.6) is 0 Å². The Morgan fingerprint density at radius 2 is 2.36 bits per heavy atom. The molecule has 0 radical (unpaired) electrons. The van der Waals surface area contributed by atoms with E-state index >= 15 is 0 Å². The van der Waals surface area contributed by atoms with Gasteiger partial charge >= 0.3 is 6.03 Å². The Bertz CT molecular complexity index is 339. The number of nitrogens with zero attached hydrogens (tertiary/aromatic N) is 2. The third kappa shape index (κ3) is 1.00. The Hall–Kier alpha value is -1.56. The van der Waals surface area contributed by atoms with Crippen molar-refractivity contribution in [3.05, 3.63) is 11.6 Å². The summed E-state index contributed by atoms with van der Waals surface area (Å²) in [5.41, 5.74) is 5.88. The molecule has 2 rings (SSSR count). The average molecular weight is 197 g/mol. The standard InChI is InChI=1S/C8H11N3O3/c1-4-2-5-3-10(6(4)7(9)12)8(13)11(5)14/h2,5-6,14H,3H2,1H3,(H2,9,12)/t5-,6+/m1/s1. The molecule has 0 aromatic rings. The summed E-state index contributed by atoms with van der Waals surface area (Å²) in [6.07, 6.45) is 1.69. The molecule has 1 fully saturated rings. The van der Waals surface area contributed by atoms with Gasteiger partial charge in [-0.1, -0.05) is 6.08 Å². The van der Waals surface area contributed by atoms with E-state index in [9.17, 15) is 14.8 Å². The predicted octanol–water partition coefficient (Wildman–Crippen LogP) is -0.704. The molecule has 2 atom stereocenters. The second-order valence-electron chi connectivity index (χ2n) is 3.56. The number of carbonyl (C=O) groups is 2. The first-order chi connectivity index (χ1) is 6.52. The first-order valence-electron chi connectivity index (χ1n) is 4.28. The molecule has 0 aliphatic carbocycles. The van der Waals surface area contributed by atoms with Gasteiger partial charge in [-0.25, -0.2) is 4.79 Å². The number of hydrogen-bond acceptors (Lipinski definition) is 3. The average Bonchev–Trinajstić information content (AvgIpc) is 2.31. The van der Waals surface area contributed by atoms with Gasteiger partial charge in [0.15, 0.2) is 0 Å². The highest BCUT2D eigenvalue weighted by molar-refractivity contribution is 5.90. The molecule has 0 aromatic heterocycles. The summed E-state index contributed by atoms with van der Waals surface area (Å²) >= 11 is 0. The fourth-order valence-electron chi connectivity index (χ4n) is 1.99. The number of hydrogen-bond donors (Lipinski definition) is 2. The van der Waals surface area contributed by atoms with E-state index in [1.165, 1.54) is 4.90 Å². The van der Waals surface area contributed by atoms with Crippen molar-refractivity contribution in [3.63, 3.8) is 0 Å². The zero-order valence-electron chi connectivity index (χ0n) is 7.67. The van der Waals surface area contributed by atoms with Gasteiger partial charge in [0.25, 0.3) is 0 Å². The van der Waals surface area contributed by atoms with Gasteiger partial charge in [0.2, 0.25) is 5.91 Å². The number of primary amides is 1. The van der Waals surface area contributed by atoms with Crippen LogP contribution >= 0.6 is 0 Å². The lowest BCUT2D eigenvalue weighted by Gasteiger charge is -2.27. The van der Waals surface area contributed by atoms with Crippen molar-refractivity contribution in [2.24, 2.45) is 5.73 Å². The van der Waals surface area contributed by atoms with E-state index in [-0.39, 0.29) is 6.04 Å². The number of nitrogens with two attached hydrogens (primary N) is 1. The van der Waals surface area contributed by atoms with Crippen LogP contribution in [-0.4, -0.2) is 45.7 Å². The van der Waals surface area contributed by atoms with E-state index in [0.29, 0.717) is 17.2 Å². The lowest BCUT2D eigenvalue weighted by Crippen LogP contribution is -2.48. The van der Waals surface area contributed by atoms with E-state index in [1.54, 1.807) is 13.0 Å². The lowest BCUT2D eigenvalue weighted by molar-refractivity contribution is -0.121. The molecule has 76 valence electrons. The van der Waals surface area contributed by atoms with Crippen molar-refractivity contribution in [3.8, 4) is 0 Å². The molecular weight excluding hydrogens is 186 g/mol. The fraction of sp³-hybridized carbons (Fsp3) is 0.500. The van der Waals surface area contributed by atoms with Gasteiger partial charge in [-0.05, 0) is 12.5 Å². The van der Waals surface area contributed by atoms with Crippen LogP contribution in [0, 0.1) is 0 Å². The maximum atomic E-state index is 11.4. The monoisotopic (exact) mass is 197 g/mol. The first-order valence-corrected chi connectivity index (χ1v) is 4.28. The smallest absolute Gasteiger partial charge is 0.345 e.